The molecule has 0 bridgehead atoms. The fourth-order valence-electron chi connectivity index (χ4n) is 3.60. The summed E-state index contributed by atoms with van der Waals surface area (Å²) in [6.07, 6.45) is -1.81. The summed E-state index contributed by atoms with van der Waals surface area (Å²) in [5.41, 5.74) is -0.130. The van der Waals surface area contributed by atoms with E-state index in [1.165, 1.54) is 12.1 Å². The quantitative estimate of drug-likeness (QED) is 0.762. The number of rotatable bonds is 5. The maximum Gasteiger partial charge on any atom is 0.434 e. The number of piperidine rings is 1. The number of likely N-dealkylation sites (tertiary alicyclic amines) is 1. The predicted octanol–water partition coefficient (Wildman–Crippen LogP) is 4.37. The minimum atomic E-state index is -4.57. The van der Waals surface area contributed by atoms with Crippen molar-refractivity contribution in [1.29, 1.82) is 0 Å². The van der Waals surface area contributed by atoms with Gasteiger partial charge in [0, 0.05) is 19.0 Å². The van der Waals surface area contributed by atoms with Crippen LogP contribution in [-0.4, -0.2) is 41.0 Å². The summed E-state index contributed by atoms with van der Waals surface area (Å²) < 4.78 is 52.5. The molecule has 4 nitrogen and oxygen atoms in total. The van der Waals surface area contributed by atoms with Gasteiger partial charge in [-0.25, -0.2) is 14.4 Å². The van der Waals surface area contributed by atoms with Crippen molar-refractivity contribution in [3.05, 3.63) is 53.2 Å². The molecule has 1 saturated heterocycles. The van der Waals surface area contributed by atoms with E-state index in [0.29, 0.717) is 17.3 Å². The Morgan fingerprint density at radius 2 is 1.93 bits per heavy atom. The van der Waals surface area contributed by atoms with Crippen molar-refractivity contribution in [2.24, 2.45) is 5.92 Å². The highest BCUT2D eigenvalue weighted by Gasteiger charge is 2.34. The Balaban J connectivity index is 1.89. The average molecular weight is 396 g/mol. The van der Waals surface area contributed by atoms with E-state index in [9.17, 15) is 17.6 Å². The first-order valence-corrected chi connectivity index (χ1v) is 9.39. The Bertz CT molecular complexity index is 792. The smallest absolute Gasteiger partial charge is 0.365 e. The predicted molar refractivity (Wildman–Crippen MR) is 99.5 cm³/mol. The molecule has 2 unspecified atom stereocenters. The standard InChI is InChI=1S/C20H24F4N4/c1-3-14-12-28(2)9-8-16(14)27-19-17(10-13-4-6-15(21)7-5-13)26-18(11-25-19)20(22,23)24/h4-7,11,14,16H,3,8-10,12H2,1-2H3,(H,25,27). The van der Waals surface area contributed by atoms with E-state index < -0.39 is 17.7 Å². The topological polar surface area (TPSA) is 41.0 Å². The molecule has 3 rings (SSSR count). The normalized spacial score (nSPS) is 20.9. The molecule has 1 N–H and O–H groups in total. The number of hydrogen-bond donors (Lipinski definition) is 1. The fraction of sp³-hybridized carbons (Fsp3) is 0.500. The van der Waals surface area contributed by atoms with Crippen molar-refractivity contribution in [2.75, 3.05) is 25.5 Å². The van der Waals surface area contributed by atoms with Crippen molar-refractivity contribution >= 4 is 5.82 Å². The fourth-order valence-corrected chi connectivity index (χ4v) is 3.60. The first-order chi connectivity index (χ1) is 13.3. The molecule has 0 aliphatic carbocycles. The van der Waals surface area contributed by atoms with E-state index >= 15 is 0 Å². The molecule has 0 spiro atoms. The van der Waals surface area contributed by atoms with Crippen LogP contribution in [0.5, 0.6) is 0 Å². The van der Waals surface area contributed by atoms with Crippen LogP contribution in [0.4, 0.5) is 23.4 Å². The summed E-state index contributed by atoms with van der Waals surface area (Å²) in [7, 11) is 2.07. The zero-order valence-electron chi connectivity index (χ0n) is 15.9. The van der Waals surface area contributed by atoms with Crippen molar-refractivity contribution in [3.63, 3.8) is 0 Å². The molecule has 1 aliphatic heterocycles. The van der Waals surface area contributed by atoms with E-state index in [-0.39, 0.29) is 18.2 Å². The largest absolute Gasteiger partial charge is 0.434 e. The van der Waals surface area contributed by atoms with Gasteiger partial charge in [0.25, 0.3) is 0 Å². The molecule has 1 aromatic carbocycles. The summed E-state index contributed by atoms with van der Waals surface area (Å²) in [5, 5.41) is 3.34. The van der Waals surface area contributed by atoms with Gasteiger partial charge in [0.15, 0.2) is 5.69 Å². The van der Waals surface area contributed by atoms with E-state index in [1.54, 1.807) is 12.1 Å². The lowest BCUT2D eigenvalue weighted by Gasteiger charge is -2.37. The molecule has 2 aromatic rings. The molecule has 1 fully saturated rings. The summed E-state index contributed by atoms with van der Waals surface area (Å²) in [4.78, 5) is 10.2. The lowest BCUT2D eigenvalue weighted by molar-refractivity contribution is -0.141. The Morgan fingerprint density at radius 1 is 1.21 bits per heavy atom. The number of hydrogen-bond acceptors (Lipinski definition) is 4. The van der Waals surface area contributed by atoms with Crippen LogP contribution in [0.2, 0.25) is 0 Å². The number of benzene rings is 1. The first-order valence-electron chi connectivity index (χ1n) is 9.39. The summed E-state index contributed by atoms with van der Waals surface area (Å²) in [6, 6.07) is 5.79. The monoisotopic (exact) mass is 396 g/mol. The van der Waals surface area contributed by atoms with Crippen LogP contribution >= 0.6 is 0 Å². The highest BCUT2D eigenvalue weighted by Crippen LogP contribution is 2.30. The van der Waals surface area contributed by atoms with Gasteiger partial charge < -0.3 is 10.2 Å². The van der Waals surface area contributed by atoms with Crippen LogP contribution < -0.4 is 5.32 Å². The molecule has 152 valence electrons. The lowest BCUT2D eigenvalue weighted by atomic mass is 9.90. The Kier molecular flexibility index (Phi) is 6.17. The van der Waals surface area contributed by atoms with Crippen LogP contribution in [0.25, 0.3) is 0 Å². The molecule has 2 atom stereocenters. The van der Waals surface area contributed by atoms with Crippen molar-refractivity contribution in [1.82, 2.24) is 14.9 Å². The summed E-state index contributed by atoms with van der Waals surface area (Å²) >= 11 is 0. The molecule has 2 heterocycles. The van der Waals surface area contributed by atoms with E-state index in [4.69, 9.17) is 0 Å². The average Bonchev–Trinajstić information content (AvgIpc) is 2.65. The van der Waals surface area contributed by atoms with Crippen LogP contribution in [-0.2, 0) is 12.6 Å². The van der Waals surface area contributed by atoms with E-state index in [1.807, 2.05) is 0 Å². The molecule has 1 aromatic heterocycles. The highest BCUT2D eigenvalue weighted by molar-refractivity contribution is 5.44. The second-order valence-corrected chi connectivity index (χ2v) is 7.32. The second-order valence-electron chi connectivity index (χ2n) is 7.32. The number of anilines is 1. The van der Waals surface area contributed by atoms with Gasteiger partial charge in [0.2, 0.25) is 0 Å². The third-order valence-electron chi connectivity index (χ3n) is 5.20. The molecule has 28 heavy (non-hydrogen) atoms. The van der Waals surface area contributed by atoms with Gasteiger partial charge in [-0.1, -0.05) is 25.5 Å². The Hall–Kier alpha value is -2.22. The van der Waals surface area contributed by atoms with Crippen molar-refractivity contribution in [3.8, 4) is 0 Å². The zero-order chi connectivity index (χ0) is 20.3. The lowest BCUT2D eigenvalue weighted by Crippen LogP contribution is -2.44. The van der Waals surface area contributed by atoms with Crippen LogP contribution in [0.15, 0.2) is 30.5 Å². The number of alkyl halides is 3. The third-order valence-corrected chi connectivity index (χ3v) is 5.20. The van der Waals surface area contributed by atoms with Gasteiger partial charge >= 0.3 is 6.18 Å². The van der Waals surface area contributed by atoms with Gasteiger partial charge in [0.05, 0.1) is 11.9 Å². The van der Waals surface area contributed by atoms with Crippen LogP contribution in [0.3, 0.4) is 0 Å². The number of halogens is 4. The minimum absolute atomic E-state index is 0.124. The molecular formula is C20H24F4N4. The van der Waals surface area contributed by atoms with Crippen molar-refractivity contribution < 1.29 is 17.6 Å². The van der Waals surface area contributed by atoms with Gasteiger partial charge in [0.1, 0.15) is 11.6 Å². The van der Waals surface area contributed by atoms with Gasteiger partial charge in [-0.05, 0) is 43.6 Å². The molecular weight excluding hydrogens is 372 g/mol. The molecule has 0 radical (unpaired) electrons. The van der Waals surface area contributed by atoms with E-state index in [2.05, 4.69) is 34.2 Å². The molecule has 0 amide bonds. The maximum absolute atomic E-state index is 13.2. The second kappa shape index (κ2) is 8.43. The maximum atomic E-state index is 13.2. The SMILES string of the molecule is CCC1CN(C)CCC1Nc1ncc(C(F)(F)F)nc1Cc1ccc(F)cc1. The first kappa shape index (κ1) is 20.5. The number of nitrogens with zero attached hydrogens (tertiary/aromatic N) is 3. The third kappa shape index (κ3) is 4.98. The number of nitrogens with one attached hydrogen (secondary N) is 1. The Labute approximate surface area is 162 Å². The van der Waals surface area contributed by atoms with Crippen molar-refractivity contribution in [2.45, 2.75) is 38.4 Å². The Morgan fingerprint density at radius 3 is 2.57 bits per heavy atom. The molecule has 0 saturated carbocycles. The summed E-state index contributed by atoms with van der Waals surface area (Å²) in [5.74, 6) is 0.348. The van der Waals surface area contributed by atoms with E-state index in [0.717, 1.165) is 32.1 Å². The van der Waals surface area contributed by atoms with Gasteiger partial charge in [-0.3, -0.25) is 0 Å². The van der Waals surface area contributed by atoms with Crippen LogP contribution in [0, 0.1) is 11.7 Å². The zero-order valence-corrected chi connectivity index (χ0v) is 15.9. The molecule has 1 aliphatic rings. The number of aromatic nitrogens is 2. The van der Waals surface area contributed by atoms with Gasteiger partial charge in [-0.15, -0.1) is 0 Å². The minimum Gasteiger partial charge on any atom is -0.365 e. The van der Waals surface area contributed by atoms with Gasteiger partial charge in [-0.2, -0.15) is 13.2 Å². The molecule has 8 heteroatoms. The summed E-state index contributed by atoms with van der Waals surface area (Å²) in [6.45, 7) is 3.95. The highest BCUT2D eigenvalue weighted by atomic mass is 19.4. The van der Waals surface area contributed by atoms with Crippen LogP contribution in [0.1, 0.15) is 36.7 Å².